The second kappa shape index (κ2) is 11.6. The van der Waals surface area contributed by atoms with Crippen LogP contribution in [0.1, 0.15) is 23.4 Å². The van der Waals surface area contributed by atoms with Crippen LogP contribution in [0.25, 0.3) is 0 Å². The molecular weight excluding hydrogens is 484 g/mol. The number of imidazole rings is 1. The lowest BCUT2D eigenvalue weighted by Gasteiger charge is -2.38. The molecule has 12 heteroatoms. The van der Waals surface area contributed by atoms with Crippen molar-refractivity contribution in [1.29, 1.82) is 0 Å². The van der Waals surface area contributed by atoms with Crippen molar-refractivity contribution in [1.82, 2.24) is 35.3 Å². The van der Waals surface area contributed by atoms with Gasteiger partial charge in [-0.2, -0.15) is 4.99 Å². The highest BCUT2D eigenvalue weighted by Crippen LogP contribution is 2.29. The molecule has 1 fully saturated rings. The first-order valence-corrected chi connectivity index (χ1v) is 13.3. The maximum absolute atomic E-state index is 6.89. The van der Waals surface area contributed by atoms with Crippen molar-refractivity contribution in [2.45, 2.75) is 31.6 Å². The van der Waals surface area contributed by atoms with Crippen LogP contribution in [0.5, 0.6) is 11.5 Å². The zero-order valence-corrected chi connectivity index (χ0v) is 22.7. The van der Waals surface area contributed by atoms with Crippen LogP contribution in [0.2, 0.25) is 0 Å². The Hall–Kier alpha value is -3.35. The van der Waals surface area contributed by atoms with Crippen LogP contribution in [0, 0.1) is 0 Å². The summed E-state index contributed by atoms with van der Waals surface area (Å²) in [5.74, 6) is 1.70. The fourth-order valence-corrected chi connectivity index (χ4v) is 5.07. The Morgan fingerprint density at radius 1 is 1.11 bits per heavy atom. The van der Waals surface area contributed by atoms with E-state index in [0.29, 0.717) is 36.8 Å². The first kappa shape index (κ1) is 26.3. The molecule has 1 aromatic carbocycles. The molecule has 3 aliphatic heterocycles. The summed E-state index contributed by atoms with van der Waals surface area (Å²) < 4.78 is 10.9. The van der Waals surface area contributed by atoms with Gasteiger partial charge < -0.3 is 34.9 Å². The molecule has 12 nitrogen and oxygen atoms in total. The Bertz CT molecular complexity index is 1160. The monoisotopic (exact) mass is 524 g/mol. The summed E-state index contributed by atoms with van der Waals surface area (Å²) in [4.78, 5) is 24.4. The van der Waals surface area contributed by atoms with Gasteiger partial charge in [-0.25, -0.2) is 9.98 Å². The molecule has 206 valence electrons. The standard InChI is InChI=1S/C26H40N10O2/c1-34-12-14-35(15-13-34)11-9-28-24-31-25(36-10-7-20-21(17-36)30-18-29-20)33-26(27,32-24)8-6-19-4-5-22(37-2)23(16-19)38-3/h4-5,16,18H,6-15,17,27H2,1-3H3,(H,29,30)(H2,28,31,32,33). The average molecular weight is 525 g/mol. The van der Waals surface area contributed by atoms with Crippen LogP contribution in [0.4, 0.5) is 0 Å². The molecule has 0 amide bonds. The van der Waals surface area contributed by atoms with E-state index in [1.165, 1.54) is 0 Å². The van der Waals surface area contributed by atoms with E-state index in [0.717, 1.165) is 75.1 Å². The number of methoxy groups -OCH3 is 2. The van der Waals surface area contributed by atoms with Crippen molar-refractivity contribution in [2.75, 3.05) is 67.1 Å². The summed E-state index contributed by atoms with van der Waals surface area (Å²) in [6.07, 6.45) is 3.90. The maximum atomic E-state index is 6.89. The van der Waals surface area contributed by atoms with Crippen LogP contribution in [0.15, 0.2) is 34.5 Å². The number of aromatic amines is 1. The van der Waals surface area contributed by atoms with Gasteiger partial charge in [-0.1, -0.05) is 6.07 Å². The molecule has 1 saturated heterocycles. The third kappa shape index (κ3) is 6.20. The van der Waals surface area contributed by atoms with Gasteiger partial charge in [0.25, 0.3) is 0 Å². The lowest BCUT2D eigenvalue weighted by Crippen LogP contribution is -2.62. The van der Waals surface area contributed by atoms with E-state index >= 15 is 0 Å². The third-order valence-electron chi connectivity index (χ3n) is 7.47. The SMILES string of the molecule is COc1ccc(CCC2(N)N=C(NCCN3CCN(C)CC3)N=C(N3CCc4nc[nH]c4C3)N2)cc1OC. The quantitative estimate of drug-likeness (QED) is 0.382. The number of aliphatic imine (C=N–C) groups is 2. The molecule has 0 bridgehead atoms. The summed E-state index contributed by atoms with van der Waals surface area (Å²) in [5, 5.41) is 6.89. The summed E-state index contributed by atoms with van der Waals surface area (Å²) in [6, 6.07) is 5.94. The molecule has 1 unspecified atom stereocenters. The molecule has 5 N–H and O–H groups in total. The Morgan fingerprint density at radius 3 is 2.71 bits per heavy atom. The Kier molecular flexibility index (Phi) is 8.01. The van der Waals surface area contributed by atoms with E-state index in [4.69, 9.17) is 25.2 Å². The van der Waals surface area contributed by atoms with E-state index in [-0.39, 0.29) is 0 Å². The number of nitrogens with zero attached hydrogens (tertiary/aromatic N) is 6. The van der Waals surface area contributed by atoms with Gasteiger partial charge in [-0.3, -0.25) is 10.6 Å². The molecule has 0 aliphatic carbocycles. The minimum absolute atomic E-state index is 0.568. The maximum Gasteiger partial charge on any atom is 0.224 e. The van der Waals surface area contributed by atoms with Gasteiger partial charge in [0.2, 0.25) is 11.9 Å². The third-order valence-corrected chi connectivity index (χ3v) is 7.47. The normalized spacial score (nSPS) is 22.3. The number of likely N-dealkylation sites (N-methyl/N-ethyl adjacent to an activating group) is 1. The molecular formula is C26H40N10O2. The van der Waals surface area contributed by atoms with Crippen LogP contribution in [-0.2, 0) is 19.4 Å². The number of rotatable bonds is 8. The van der Waals surface area contributed by atoms with Crippen molar-refractivity contribution in [3.8, 4) is 11.5 Å². The van der Waals surface area contributed by atoms with Gasteiger partial charge in [-0.05, 0) is 31.2 Å². The number of fused-ring (bicyclic) bond motifs is 1. The van der Waals surface area contributed by atoms with E-state index in [9.17, 15) is 0 Å². The highest BCUT2D eigenvalue weighted by molar-refractivity contribution is 5.97. The van der Waals surface area contributed by atoms with Crippen molar-refractivity contribution in [3.63, 3.8) is 0 Å². The number of aromatic nitrogens is 2. The van der Waals surface area contributed by atoms with Crippen molar-refractivity contribution < 1.29 is 9.47 Å². The molecule has 2 aromatic rings. The Balaban J connectivity index is 1.28. The van der Waals surface area contributed by atoms with Crippen LogP contribution in [0.3, 0.4) is 0 Å². The van der Waals surface area contributed by atoms with Crippen molar-refractivity contribution in [3.05, 3.63) is 41.5 Å². The number of hydrogen-bond donors (Lipinski definition) is 4. The molecule has 4 heterocycles. The fourth-order valence-electron chi connectivity index (χ4n) is 5.07. The van der Waals surface area contributed by atoms with Gasteiger partial charge >= 0.3 is 0 Å². The number of nitrogens with one attached hydrogen (secondary N) is 3. The first-order chi connectivity index (χ1) is 18.4. The summed E-state index contributed by atoms with van der Waals surface area (Å²) >= 11 is 0. The molecule has 38 heavy (non-hydrogen) atoms. The number of hydrogen-bond acceptors (Lipinski definition) is 11. The molecule has 0 spiro atoms. The number of H-pyrrole nitrogens is 1. The predicted molar refractivity (Wildman–Crippen MR) is 147 cm³/mol. The van der Waals surface area contributed by atoms with E-state index in [1.54, 1.807) is 20.5 Å². The van der Waals surface area contributed by atoms with Crippen molar-refractivity contribution in [2.24, 2.45) is 15.7 Å². The summed E-state index contributed by atoms with van der Waals surface area (Å²) in [6.45, 7) is 7.55. The highest BCUT2D eigenvalue weighted by Gasteiger charge is 2.33. The van der Waals surface area contributed by atoms with Gasteiger partial charge in [0.15, 0.2) is 17.3 Å². The number of guanidine groups is 2. The van der Waals surface area contributed by atoms with Crippen LogP contribution in [-0.4, -0.2) is 109 Å². The molecule has 3 aliphatic rings. The molecule has 0 saturated carbocycles. The Morgan fingerprint density at radius 2 is 1.92 bits per heavy atom. The molecule has 0 radical (unpaired) electrons. The van der Waals surface area contributed by atoms with Crippen LogP contribution >= 0.6 is 0 Å². The number of piperazine rings is 1. The average Bonchev–Trinajstić information content (AvgIpc) is 3.41. The molecule has 1 aromatic heterocycles. The van der Waals surface area contributed by atoms with E-state index in [1.807, 2.05) is 18.2 Å². The summed E-state index contributed by atoms with van der Waals surface area (Å²) in [7, 11) is 5.45. The number of nitrogens with two attached hydrogens (primary N) is 1. The minimum atomic E-state index is -1.01. The first-order valence-electron chi connectivity index (χ1n) is 13.3. The minimum Gasteiger partial charge on any atom is -0.493 e. The van der Waals surface area contributed by atoms with Crippen molar-refractivity contribution >= 4 is 11.9 Å². The Labute approximate surface area is 224 Å². The van der Waals surface area contributed by atoms with Crippen LogP contribution < -0.4 is 25.8 Å². The van der Waals surface area contributed by atoms with E-state index < -0.39 is 5.79 Å². The second-order valence-electron chi connectivity index (χ2n) is 10.2. The predicted octanol–water partition coefficient (Wildman–Crippen LogP) is 0.183. The van der Waals surface area contributed by atoms with Gasteiger partial charge in [0.05, 0.1) is 38.5 Å². The molecule has 1 atom stereocenters. The zero-order valence-electron chi connectivity index (χ0n) is 22.7. The number of ether oxygens (including phenoxy) is 2. The number of benzene rings is 1. The topological polar surface area (TPSA) is 132 Å². The van der Waals surface area contributed by atoms with Gasteiger partial charge in [0.1, 0.15) is 0 Å². The lowest BCUT2D eigenvalue weighted by molar-refractivity contribution is 0.156. The lowest BCUT2D eigenvalue weighted by atomic mass is 10.0. The largest absolute Gasteiger partial charge is 0.493 e. The zero-order chi connectivity index (χ0) is 26.5. The summed E-state index contributed by atoms with van der Waals surface area (Å²) in [5.41, 5.74) is 10.2. The molecule has 5 rings (SSSR count). The number of aryl methyl sites for hydroxylation is 1. The van der Waals surface area contributed by atoms with Gasteiger partial charge in [0, 0.05) is 58.7 Å². The smallest absolute Gasteiger partial charge is 0.224 e. The van der Waals surface area contributed by atoms with E-state index in [2.05, 4.69) is 42.3 Å². The van der Waals surface area contributed by atoms with Gasteiger partial charge in [-0.15, -0.1) is 0 Å². The second-order valence-corrected chi connectivity index (χ2v) is 10.2. The fraction of sp³-hybridized carbons (Fsp3) is 0.577. The highest BCUT2D eigenvalue weighted by atomic mass is 16.5.